The molecule has 0 radical (unpaired) electrons. The number of anilines is 1. The van der Waals surface area contributed by atoms with Crippen LogP contribution in [0.1, 0.15) is 32.1 Å². The van der Waals surface area contributed by atoms with Crippen LogP contribution in [0.3, 0.4) is 0 Å². The topological polar surface area (TPSA) is 68.0 Å². The summed E-state index contributed by atoms with van der Waals surface area (Å²) in [5, 5.41) is 12.5. The lowest BCUT2D eigenvalue weighted by molar-refractivity contribution is -0.120. The van der Waals surface area contributed by atoms with Crippen molar-refractivity contribution in [2.45, 2.75) is 32.1 Å². The van der Waals surface area contributed by atoms with Crippen LogP contribution in [0, 0.1) is 5.92 Å². The van der Waals surface area contributed by atoms with E-state index in [1.165, 1.54) is 17.8 Å². The molecule has 0 atom stereocenters. The van der Waals surface area contributed by atoms with Gasteiger partial charge in [-0.15, -0.1) is 16.4 Å². The first kappa shape index (κ1) is 12.3. The molecule has 0 unspecified atom stereocenters. The number of hydrogen-bond acceptors (Lipinski definition) is 5. The van der Waals surface area contributed by atoms with E-state index in [2.05, 4.69) is 15.5 Å². The zero-order chi connectivity index (χ0) is 13.1. The average molecular weight is 277 g/mol. The predicted molar refractivity (Wildman–Crippen MR) is 72.8 cm³/mol. The molecule has 0 saturated heterocycles. The molecule has 19 heavy (non-hydrogen) atoms. The van der Waals surface area contributed by atoms with Crippen molar-refractivity contribution in [3.8, 4) is 10.8 Å². The van der Waals surface area contributed by atoms with Crippen LogP contribution in [0.5, 0.6) is 0 Å². The third-order valence-electron chi connectivity index (χ3n) is 3.36. The number of amides is 1. The van der Waals surface area contributed by atoms with Gasteiger partial charge in [0.25, 0.3) is 5.89 Å². The minimum Gasteiger partial charge on any atom is -0.402 e. The van der Waals surface area contributed by atoms with E-state index in [4.69, 9.17) is 4.42 Å². The maximum absolute atomic E-state index is 12.0. The lowest BCUT2D eigenvalue weighted by atomic mass is 9.89. The van der Waals surface area contributed by atoms with Crippen LogP contribution in [0.15, 0.2) is 21.9 Å². The first-order chi connectivity index (χ1) is 9.33. The van der Waals surface area contributed by atoms with Crippen molar-refractivity contribution in [2.75, 3.05) is 5.32 Å². The van der Waals surface area contributed by atoms with Gasteiger partial charge in [-0.2, -0.15) is 0 Å². The molecule has 1 saturated carbocycles. The lowest BCUT2D eigenvalue weighted by Crippen LogP contribution is -2.24. The second-order valence-electron chi connectivity index (χ2n) is 4.71. The molecular formula is C13H15N3O2S. The predicted octanol–water partition coefficient (Wildman–Crippen LogP) is 3.32. The third kappa shape index (κ3) is 2.84. The summed E-state index contributed by atoms with van der Waals surface area (Å²) in [5.41, 5.74) is 0. The van der Waals surface area contributed by atoms with Crippen LogP contribution in [0.2, 0.25) is 0 Å². The van der Waals surface area contributed by atoms with E-state index in [-0.39, 0.29) is 17.8 Å². The zero-order valence-corrected chi connectivity index (χ0v) is 11.3. The fraction of sp³-hybridized carbons (Fsp3) is 0.462. The molecule has 3 rings (SSSR count). The SMILES string of the molecule is O=C(Nc1nnc(-c2cccs2)o1)C1CCCCC1. The second kappa shape index (κ2) is 5.52. The maximum Gasteiger partial charge on any atom is 0.322 e. The Morgan fingerprint density at radius 3 is 2.89 bits per heavy atom. The van der Waals surface area contributed by atoms with Crippen molar-refractivity contribution >= 4 is 23.3 Å². The summed E-state index contributed by atoms with van der Waals surface area (Å²) >= 11 is 1.53. The van der Waals surface area contributed by atoms with E-state index in [1.807, 2.05) is 17.5 Å². The van der Waals surface area contributed by atoms with Gasteiger partial charge < -0.3 is 4.42 Å². The summed E-state index contributed by atoms with van der Waals surface area (Å²) in [5.74, 6) is 0.542. The molecule has 6 heteroatoms. The molecule has 0 bridgehead atoms. The number of thiophene rings is 1. The fourth-order valence-electron chi connectivity index (χ4n) is 2.35. The number of aromatic nitrogens is 2. The fourth-order valence-corrected chi connectivity index (χ4v) is 2.99. The van der Waals surface area contributed by atoms with Crippen LogP contribution in [-0.4, -0.2) is 16.1 Å². The Hall–Kier alpha value is -1.69. The van der Waals surface area contributed by atoms with Gasteiger partial charge >= 0.3 is 6.01 Å². The van der Waals surface area contributed by atoms with Crippen molar-refractivity contribution in [1.82, 2.24) is 10.2 Å². The number of carbonyl (C=O) groups excluding carboxylic acids is 1. The quantitative estimate of drug-likeness (QED) is 0.934. The van der Waals surface area contributed by atoms with Crippen molar-refractivity contribution in [3.63, 3.8) is 0 Å². The van der Waals surface area contributed by atoms with Gasteiger partial charge in [-0.05, 0) is 24.3 Å². The molecule has 0 spiro atoms. The van der Waals surface area contributed by atoms with Crippen molar-refractivity contribution in [1.29, 1.82) is 0 Å². The summed E-state index contributed by atoms with van der Waals surface area (Å²) < 4.78 is 5.45. The molecule has 0 aromatic carbocycles. The highest BCUT2D eigenvalue weighted by molar-refractivity contribution is 7.13. The van der Waals surface area contributed by atoms with Gasteiger partial charge in [-0.25, -0.2) is 0 Å². The van der Waals surface area contributed by atoms with Gasteiger partial charge in [0, 0.05) is 5.92 Å². The molecule has 2 aromatic heterocycles. The average Bonchev–Trinajstić information content (AvgIpc) is 3.10. The smallest absolute Gasteiger partial charge is 0.322 e. The molecule has 2 aromatic rings. The van der Waals surface area contributed by atoms with E-state index in [0.29, 0.717) is 5.89 Å². The highest BCUT2D eigenvalue weighted by Crippen LogP contribution is 2.27. The van der Waals surface area contributed by atoms with Gasteiger partial charge in [0.15, 0.2) is 0 Å². The van der Waals surface area contributed by atoms with Gasteiger partial charge in [0.1, 0.15) is 0 Å². The molecule has 0 aliphatic heterocycles. The van der Waals surface area contributed by atoms with E-state index in [0.717, 1.165) is 30.6 Å². The Kier molecular flexibility index (Phi) is 3.59. The van der Waals surface area contributed by atoms with E-state index in [9.17, 15) is 4.79 Å². The van der Waals surface area contributed by atoms with Crippen LogP contribution >= 0.6 is 11.3 Å². The minimum absolute atomic E-state index is 0.001000. The van der Waals surface area contributed by atoms with Crippen molar-refractivity contribution < 1.29 is 9.21 Å². The van der Waals surface area contributed by atoms with Gasteiger partial charge in [-0.3, -0.25) is 10.1 Å². The minimum atomic E-state index is 0.001000. The number of nitrogens with zero attached hydrogens (tertiary/aromatic N) is 2. The van der Waals surface area contributed by atoms with Crippen LogP contribution in [0.25, 0.3) is 10.8 Å². The first-order valence-electron chi connectivity index (χ1n) is 6.51. The Balaban J connectivity index is 1.65. The summed E-state index contributed by atoms with van der Waals surface area (Å²) in [6, 6.07) is 4.02. The Morgan fingerprint density at radius 2 is 2.16 bits per heavy atom. The summed E-state index contributed by atoms with van der Waals surface area (Å²) in [4.78, 5) is 12.9. The van der Waals surface area contributed by atoms with E-state index >= 15 is 0 Å². The molecule has 1 aliphatic carbocycles. The van der Waals surface area contributed by atoms with Crippen LogP contribution < -0.4 is 5.32 Å². The molecular weight excluding hydrogens is 262 g/mol. The van der Waals surface area contributed by atoms with Crippen molar-refractivity contribution in [2.24, 2.45) is 5.92 Å². The number of carbonyl (C=O) groups is 1. The molecule has 1 N–H and O–H groups in total. The monoisotopic (exact) mass is 277 g/mol. The largest absolute Gasteiger partial charge is 0.402 e. The lowest BCUT2D eigenvalue weighted by Gasteiger charge is -2.19. The molecule has 1 fully saturated rings. The van der Waals surface area contributed by atoms with Crippen LogP contribution in [0.4, 0.5) is 6.01 Å². The normalized spacial score (nSPS) is 16.4. The van der Waals surface area contributed by atoms with Gasteiger partial charge in [0.05, 0.1) is 4.88 Å². The Bertz CT molecular complexity index is 544. The summed E-state index contributed by atoms with van der Waals surface area (Å²) in [6.07, 6.45) is 5.40. The first-order valence-corrected chi connectivity index (χ1v) is 7.39. The highest BCUT2D eigenvalue weighted by Gasteiger charge is 2.22. The molecule has 1 amide bonds. The molecule has 5 nitrogen and oxygen atoms in total. The van der Waals surface area contributed by atoms with Crippen molar-refractivity contribution in [3.05, 3.63) is 17.5 Å². The Morgan fingerprint density at radius 1 is 1.32 bits per heavy atom. The second-order valence-corrected chi connectivity index (χ2v) is 5.66. The number of rotatable bonds is 3. The maximum atomic E-state index is 12.0. The Labute approximate surface area is 115 Å². The molecule has 2 heterocycles. The number of hydrogen-bond donors (Lipinski definition) is 1. The highest BCUT2D eigenvalue weighted by atomic mass is 32.1. The summed E-state index contributed by atoms with van der Waals surface area (Å²) in [7, 11) is 0. The standard InChI is InChI=1S/C13H15N3O2S/c17-11(9-5-2-1-3-6-9)14-13-16-15-12(18-13)10-7-4-8-19-10/h4,7-9H,1-3,5-6H2,(H,14,16,17). The molecule has 100 valence electrons. The number of nitrogens with one attached hydrogen (secondary N) is 1. The van der Waals surface area contributed by atoms with Gasteiger partial charge in [-0.1, -0.05) is 30.4 Å². The zero-order valence-electron chi connectivity index (χ0n) is 10.5. The van der Waals surface area contributed by atoms with E-state index in [1.54, 1.807) is 0 Å². The van der Waals surface area contributed by atoms with Crippen LogP contribution in [-0.2, 0) is 4.79 Å². The molecule has 1 aliphatic rings. The summed E-state index contributed by atoms with van der Waals surface area (Å²) in [6.45, 7) is 0. The van der Waals surface area contributed by atoms with E-state index < -0.39 is 0 Å². The van der Waals surface area contributed by atoms with Gasteiger partial charge in [0.2, 0.25) is 5.91 Å². The third-order valence-corrected chi connectivity index (χ3v) is 4.22.